The van der Waals surface area contributed by atoms with Crippen molar-refractivity contribution in [3.05, 3.63) is 58.6 Å². The highest BCUT2D eigenvalue weighted by molar-refractivity contribution is 7.89. The highest BCUT2D eigenvalue weighted by Crippen LogP contribution is 2.20. The molecule has 25 heavy (non-hydrogen) atoms. The van der Waals surface area contributed by atoms with Crippen LogP contribution in [0.1, 0.15) is 15.9 Å². The second-order valence-electron chi connectivity index (χ2n) is 5.05. The van der Waals surface area contributed by atoms with Crippen LogP contribution in [0.25, 0.3) is 0 Å². The molecule has 0 aliphatic carbocycles. The van der Waals surface area contributed by atoms with Crippen LogP contribution >= 0.6 is 11.6 Å². The number of methoxy groups -OCH3 is 1. The van der Waals surface area contributed by atoms with Gasteiger partial charge in [0.25, 0.3) is 0 Å². The van der Waals surface area contributed by atoms with Crippen molar-refractivity contribution in [2.24, 2.45) is 5.14 Å². The molecule has 0 aliphatic rings. The molecule has 2 aromatic carbocycles. The molecule has 0 aliphatic heterocycles. The van der Waals surface area contributed by atoms with Gasteiger partial charge in [-0.15, -0.1) is 0 Å². The van der Waals surface area contributed by atoms with Crippen LogP contribution in [0.5, 0.6) is 5.75 Å². The maximum Gasteiger partial charge on any atom is 0.238 e. The number of carbonyl (C=O) groups is 1. The van der Waals surface area contributed by atoms with Crippen LogP contribution in [0.15, 0.2) is 47.4 Å². The molecule has 0 saturated heterocycles. The van der Waals surface area contributed by atoms with E-state index in [1.165, 1.54) is 19.2 Å². The van der Waals surface area contributed by atoms with E-state index in [0.717, 1.165) is 18.5 Å². The van der Waals surface area contributed by atoms with Crippen LogP contribution in [-0.4, -0.2) is 35.4 Å². The molecule has 0 aromatic heterocycles. The van der Waals surface area contributed by atoms with Gasteiger partial charge in [-0.05, 0) is 55.9 Å². The van der Waals surface area contributed by atoms with E-state index in [2.05, 4.69) is 5.32 Å². The number of benzene rings is 2. The number of halogens is 1. The molecule has 3 N–H and O–H groups in total. The Labute approximate surface area is 153 Å². The molecule has 0 amide bonds. The molecule has 0 saturated carbocycles. The van der Waals surface area contributed by atoms with Gasteiger partial charge in [0.15, 0.2) is 6.29 Å². The summed E-state index contributed by atoms with van der Waals surface area (Å²) < 4.78 is 26.7. The number of nitrogens with two attached hydrogens (primary N) is 1. The summed E-state index contributed by atoms with van der Waals surface area (Å²) in [4.78, 5) is 10.6. The van der Waals surface area contributed by atoms with Crippen LogP contribution < -0.4 is 15.2 Å². The Morgan fingerprint density at radius 1 is 1.20 bits per heavy atom. The first-order chi connectivity index (χ1) is 11.8. The van der Waals surface area contributed by atoms with Gasteiger partial charge in [0, 0.05) is 5.02 Å². The Bertz CT molecular complexity index is 793. The van der Waals surface area contributed by atoms with Crippen LogP contribution in [0.3, 0.4) is 0 Å². The number of ether oxygens (including phenoxy) is 1. The Morgan fingerprint density at radius 3 is 2.32 bits per heavy atom. The van der Waals surface area contributed by atoms with Crippen LogP contribution in [0.2, 0.25) is 5.02 Å². The summed E-state index contributed by atoms with van der Waals surface area (Å²) in [5.41, 5.74) is 1.56. The molecule has 0 atom stereocenters. The summed E-state index contributed by atoms with van der Waals surface area (Å²) in [5, 5.41) is 8.52. The number of hydrogen-bond acceptors (Lipinski definition) is 5. The second kappa shape index (κ2) is 10.1. The Kier molecular flexibility index (Phi) is 8.57. The standard InChI is InChI=1S/C9H14N2O2S.C8H7ClO2/c1-11-7-6-8-2-4-9(5-3-8)14(10,12)13;1-11-8-3-2-7(9)4-6(8)5-10/h2-5,11H,6-7H2,1H3,(H2,10,12,13);2-5H,1H3. The van der Waals surface area contributed by atoms with Crippen LogP contribution in [0.4, 0.5) is 0 Å². The number of carbonyl (C=O) groups excluding carboxylic acids is 1. The predicted octanol–water partition coefficient (Wildman–Crippen LogP) is 2.26. The number of likely N-dealkylation sites (N-methyl/N-ethyl adjacent to an activating group) is 1. The van der Waals surface area contributed by atoms with E-state index in [1.54, 1.807) is 30.3 Å². The van der Waals surface area contributed by atoms with E-state index < -0.39 is 10.0 Å². The number of rotatable bonds is 6. The predicted molar refractivity (Wildman–Crippen MR) is 98.8 cm³/mol. The fourth-order valence-electron chi connectivity index (χ4n) is 1.91. The van der Waals surface area contributed by atoms with E-state index in [0.29, 0.717) is 22.6 Å². The third kappa shape index (κ3) is 7.23. The number of hydrogen-bond donors (Lipinski definition) is 2. The smallest absolute Gasteiger partial charge is 0.238 e. The fourth-order valence-corrected chi connectivity index (χ4v) is 2.61. The average Bonchev–Trinajstić information content (AvgIpc) is 2.60. The van der Waals surface area contributed by atoms with E-state index in [1.807, 2.05) is 7.05 Å². The second-order valence-corrected chi connectivity index (χ2v) is 7.04. The lowest BCUT2D eigenvalue weighted by Crippen LogP contribution is -2.13. The zero-order valence-corrected chi connectivity index (χ0v) is 15.6. The third-order valence-electron chi connectivity index (χ3n) is 3.23. The van der Waals surface area contributed by atoms with Gasteiger partial charge < -0.3 is 10.1 Å². The van der Waals surface area contributed by atoms with Crippen LogP contribution in [0, 0.1) is 0 Å². The normalized spacial score (nSPS) is 10.6. The first-order valence-corrected chi connectivity index (χ1v) is 9.29. The minimum atomic E-state index is -3.56. The van der Waals surface area contributed by atoms with Gasteiger partial charge >= 0.3 is 0 Å². The molecule has 2 rings (SSSR count). The topological polar surface area (TPSA) is 98.5 Å². The molecule has 0 spiro atoms. The van der Waals surface area contributed by atoms with Gasteiger partial charge in [0.2, 0.25) is 10.0 Å². The van der Waals surface area contributed by atoms with Crippen LogP contribution in [-0.2, 0) is 16.4 Å². The van der Waals surface area contributed by atoms with E-state index in [-0.39, 0.29) is 4.90 Å². The van der Waals surface area contributed by atoms with Crippen molar-refractivity contribution in [3.63, 3.8) is 0 Å². The van der Waals surface area contributed by atoms with Crippen molar-refractivity contribution < 1.29 is 17.9 Å². The monoisotopic (exact) mass is 384 g/mol. The minimum Gasteiger partial charge on any atom is -0.496 e. The number of sulfonamides is 1. The molecule has 0 radical (unpaired) electrons. The molecule has 8 heteroatoms. The van der Waals surface area contributed by atoms with Gasteiger partial charge in [-0.1, -0.05) is 23.7 Å². The van der Waals surface area contributed by atoms with Gasteiger partial charge in [0.05, 0.1) is 17.6 Å². The third-order valence-corrected chi connectivity index (χ3v) is 4.40. The molecule has 136 valence electrons. The first kappa shape index (κ1) is 21.1. The van der Waals surface area contributed by atoms with Crippen molar-refractivity contribution in [1.82, 2.24) is 5.32 Å². The lowest BCUT2D eigenvalue weighted by molar-refractivity contribution is 0.112. The van der Waals surface area contributed by atoms with E-state index >= 15 is 0 Å². The van der Waals surface area contributed by atoms with Crippen molar-refractivity contribution in [2.45, 2.75) is 11.3 Å². The van der Waals surface area contributed by atoms with Gasteiger partial charge in [-0.2, -0.15) is 0 Å². The number of aldehydes is 1. The number of primary sulfonamides is 1. The molecule has 0 fully saturated rings. The lowest BCUT2D eigenvalue weighted by atomic mass is 10.1. The minimum absolute atomic E-state index is 0.158. The van der Waals surface area contributed by atoms with Gasteiger partial charge in [-0.25, -0.2) is 13.6 Å². The summed E-state index contributed by atoms with van der Waals surface area (Å²) >= 11 is 5.64. The lowest BCUT2D eigenvalue weighted by Gasteiger charge is -2.02. The summed E-state index contributed by atoms with van der Waals surface area (Å²) in [6.45, 7) is 0.870. The zero-order valence-electron chi connectivity index (χ0n) is 14.0. The maximum atomic E-state index is 10.9. The molecule has 2 aromatic rings. The summed E-state index contributed by atoms with van der Waals surface area (Å²) in [5.74, 6) is 0.546. The van der Waals surface area contributed by atoms with Gasteiger partial charge in [-0.3, -0.25) is 4.79 Å². The van der Waals surface area contributed by atoms with Crippen molar-refractivity contribution in [3.8, 4) is 5.75 Å². The molecular weight excluding hydrogens is 364 g/mol. The summed E-state index contributed by atoms with van der Waals surface area (Å²) in [6.07, 6.45) is 1.59. The molecule has 0 heterocycles. The van der Waals surface area contributed by atoms with Crippen molar-refractivity contribution >= 4 is 27.9 Å². The highest BCUT2D eigenvalue weighted by Gasteiger charge is 2.06. The molecule has 0 unspecified atom stereocenters. The Hall–Kier alpha value is -1.93. The number of nitrogens with one attached hydrogen (secondary N) is 1. The first-order valence-electron chi connectivity index (χ1n) is 7.37. The Morgan fingerprint density at radius 2 is 1.84 bits per heavy atom. The SMILES string of the molecule is CNCCc1ccc(S(N)(=O)=O)cc1.COc1ccc(Cl)cc1C=O. The van der Waals surface area contributed by atoms with Crippen molar-refractivity contribution in [2.75, 3.05) is 20.7 Å². The maximum absolute atomic E-state index is 10.9. The van der Waals surface area contributed by atoms with Crippen molar-refractivity contribution in [1.29, 1.82) is 0 Å². The largest absolute Gasteiger partial charge is 0.496 e. The fraction of sp³-hybridized carbons (Fsp3) is 0.235. The Balaban J connectivity index is 0.000000257. The molecule has 0 bridgehead atoms. The zero-order chi connectivity index (χ0) is 18.9. The quantitative estimate of drug-likeness (QED) is 0.744. The summed E-state index contributed by atoms with van der Waals surface area (Å²) in [7, 11) is -0.172. The average molecular weight is 385 g/mol. The highest BCUT2D eigenvalue weighted by atomic mass is 35.5. The van der Waals surface area contributed by atoms with E-state index in [4.69, 9.17) is 21.5 Å². The molecular formula is C17H21ClN2O4S. The summed E-state index contributed by atoms with van der Waals surface area (Å²) in [6, 6.07) is 11.5. The molecule has 6 nitrogen and oxygen atoms in total. The van der Waals surface area contributed by atoms with Gasteiger partial charge in [0.1, 0.15) is 5.75 Å². The van der Waals surface area contributed by atoms with E-state index in [9.17, 15) is 13.2 Å².